The van der Waals surface area contributed by atoms with Crippen LogP contribution in [0.25, 0.3) is 0 Å². The van der Waals surface area contributed by atoms with Crippen molar-refractivity contribution in [3.05, 3.63) is 46.5 Å². The molecule has 8 heteroatoms. The van der Waals surface area contributed by atoms with Crippen molar-refractivity contribution in [2.24, 2.45) is 17.8 Å². The van der Waals surface area contributed by atoms with E-state index in [4.69, 9.17) is 0 Å². The number of fused-ring (bicyclic) bond motifs is 1. The Hall–Kier alpha value is -3.03. The van der Waals surface area contributed by atoms with Crippen molar-refractivity contribution in [1.29, 1.82) is 0 Å². The van der Waals surface area contributed by atoms with Gasteiger partial charge in [-0.05, 0) is 31.2 Å². The maximum absolute atomic E-state index is 13.0. The number of nitro benzene ring substituents is 1. The molecule has 1 aliphatic heterocycles. The molecule has 1 saturated heterocycles. The molecule has 148 valence electrons. The molecule has 1 heterocycles. The van der Waals surface area contributed by atoms with Crippen LogP contribution in [0.2, 0.25) is 0 Å². The number of anilines is 1. The van der Waals surface area contributed by atoms with E-state index in [-0.39, 0.29) is 29.1 Å². The predicted octanol–water partition coefficient (Wildman–Crippen LogP) is 2.90. The molecule has 0 aromatic heterocycles. The number of rotatable bonds is 6. The van der Waals surface area contributed by atoms with Crippen molar-refractivity contribution in [3.63, 3.8) is 0 Å². The zero-order valence-corrected chi connectivity index (χ0v) is 15.8. The monoisotopic (exact) mass is 385 g/mol. The molecule has 2 aliphatic rings. The molecule has 1 aliphatic carbocycles. The fourth-order valence-electron chi connectivity index (χ4n) is 3.83. The van der Waals surface area contributed by atoms with E-state index in [2.05, 4.69) is 5.32 Å². The van der Waals surface area contributed by atoms with Crippen LogP contribution in [0.5, 0.6) is 0 Å². The van der Waals surface area contributed by atoms with Gasteiger partial charge >= 0.3 is 0 Å². The molecule has 0 saturated carbocycles. The summed E-state index contributed by atoms with van der Waals surface area (Å²) in [6.45, 7) is 3.82. The van der Waals surface area contributed by atoms with Gasteiger partial charge in [0.15, 0.2) is 0 Å². The maximum atomic E-state index is 13.0. The summed E-state index contributed by atoms with van der Waals surface area (Å²) < 4.78 is 0. The van der Waals surface area contributed by atoms with Gasteiger partial charge in [-0.3, -0.25) is 29.4 Å². The lowest BCUT2D eigenvalue weighted by Crippen LogP contribution is -2.48. The highest BCUT2D eigenvalue weighted by molar-refractivity contribution is 6.10. The Morgan fingerprint density at radius 2 is 1.82 bits per heavy atom. The maximum Gasteiger partial charge on any atom is 0.271 e. The highest BCUT2D eigenvalue weighted by atomic mass is 16.6. The third-order valence-corrected chi connectivity index (χ3v) is 5.18. The van der Waals surface area contributed by atoms with Gasteiger partial charge in [-0.25, -0.2) is 0 Å². The third kappa shape index (κ3) is 3.81. The van der Waals surface area contributed by atoms with Gasteiger partial charge in [0.25, 0.3) is 5.69 Å². The van der Waals surface area contributed by atoms with Gasteiger partial charge in [-0.1, -0.05) is 32.1 Å². The molecule has 0 radical (unpaired) electrons. The van der Waals surface area contributed by atoms with E-state index in [9.17, 15) is 24.5 Å². The van der Waals surface area contributed by atoms with Crippen LogP contribution in [0.1, 0.15) is 33.1 Å². The molecule has 28 heavy (non-hydrogen) atoms. The second-order valence-corrected chi connectivity index (χ2v) is 7.64. The Bertz CT molecular complexity index is 822. The fraction of sp³-hybridized carbons (Fsp3) is 0.450. The molecule has 8 nitrogen and oxygen atoms in total. The molecule has 3 amide bonds. The average Bonchev–Trinajstić information content (AvgIpc) is 2.91. The molecule has 1 fully saturated rings. The zero-order valence-electron chi connectivity index (χ0n) is 15.8. The van der Waals surface area contributed by atoms with Crippen molar-refractivity contribution >= 4 is 29.1 Å². The topological polar surface area (TPSA) is 110 Å². The molecule has 3 atom stereocenters. The first-order chi connectivity index (χ1) is 13.3. The summed E-state index contributed by atoms with van der Waals surface area (Å²) in [6, 6.07) is 4.64. The number of nitrogens with zero attached hydrogens (tertiary/aromatic N) is 2. The molecule has 3 rings (SSSR count). The van der Waals surface area contributed by atoms with Gasteiger partial charge in [0, 0.05) is 17.8 Å². The number of hydrogen-bond donors (Lipinski definition) is 1. The minimum atomic E-state index is -0.940. The van der Waals surface area contributed by atoms with E-state index in [1.54, 1.807) is 0 Å². The number of likely N-dealkylation sites (tertiary alicyclic amines) is 1. The van der Waals surface area contributed by atoms with Crippen LogP contribution in [-0.2, 0) is 14.4 Å². The summed E-state index contributed by atoms with van der Waals surface area (Å²) in [6.07, 6.45) is 5.14. The predicted molar refractivity (Wildman–Crippen MR) is 102 cm³/mol. The van der Waals surface area contributed by atoms with Crippen molar-refractivity contribution < 1.29 is 19.3 Å². The zero-order chi connectivity index (χ0) is 20.4. The summed E-state index contributed by atoms with van der Waals surface area (Å²) in [5, 5.41) is 13.6. The number of imide groups is 1. The molecular weight excluding hydrogens is 362 g/mol. The SMILES string of the molecule is CC(C)CC(C(=O)Nc1cccc([N+](=O)[O-])c1)N1C(=O)C2CC=CCC2C1=O. The number of hydrogen-bond acceptors (Lipinski definition) is 5. The van der Waals surface area contributed by atoms with Crippen LogP contribution in [0.15, 0.2) is 36.4 Å². The Kier molecular flexibility index (Phi) is 5.58. The van der Waals surface area contributed by atoms with E-state index >= 15 is 0 Å². The van der Waals surface area contributed by atoms with Crippen LogP contribution in [0.3, 0.4) is 0 Å². The Morgan fingerprint density at radius 3 is 2.36 bits per heavy atom. The van der Waals surface area contributed by atoms with Crippen molar-refractivity contribution in [1.82, 2.24) is 4.90 Å². The van der Waals surface area contributed by atoms with E-state index in [0.717, 1.165) is 4.90 Å². The lowest BCUT2D eigenvalue weighted by Gasteiger charge is -2.27. The number of amides is 3. The Labute approximate surface area is 162 Å². The second kappa shape index (κ2) is 7.92. The van der Waals surface area contributed by atoms with E-state index in [1.165, 1.54) is 24.3 Å². The van der Waals surface area contributed by atoms with Crippen molar-refractivity contribution in [2.75, 3.05) is 5.32 Å². The van der Waals surface area contributed by atoms with E-state index in [0.29, 0.717) is 19.3 Å². The van der Waals surface area contributed by atoms with Gasteiger partial charge in [-0.2, -0.15) is 0 Å². The molecule has 0 spiro atoms. The number of nitro groups is 1. The number of carbonyl (C=O) groups excluding carboxylic acids is 3. The highest BCUT2D eigenvalue weighted by Gasteiger charge is 2.51. The van der Waals surface area contributed by atoms with Gasteiger partial charge in [0.05, 0.1) is 16.8 Å². The number of nitrogens with one attached hydrogen (secondary N) is 1. The van der Waals surface area contributed by atoms with Crippen LogP contribution in [0, 0.1) is 27.9 Å². The van der Waals surface area contributed by atoms with Gasteiger partial charge in [-0.15, -0.1) is 0 Å². The lowest BCUT2D eigenvalue weighted by atomic mass is 9.85. The summed E-state index contributed by atoms with van der Waals surface area (Å²) >= 11 is 0. The summed E-state index contributed by atoms with van der Waals surface area (Å²) in [5.74, 6) is -1.86. The third-order valence-electron chi connectivity index (χ3n) is 5.18. The minimum absolute atomic E-state index is 0.0715. The van der Waals surface area contributed by atoms with Crippen LogP contribution < -0.4 is 5.32 Å². The number of benzene rings is 1. The highest BCUT2D eigenvalue weighted by Crippen LogP contribution is 2.37. The van der Waals surface area contributed by atoms with Gasteiger partial charge in [0.2, 0.25) is 17.7 Å². The second-order valence-electron chi connectivity index (χ2n) is 7.64. The summed E-state index contributed by atoms with van der Waals surface area (Å²) in [5.41, 5.74) is 0.106. The van der Waals surface area contributed by atoms with Gasteiger partial charge < -0.3 is 5.32 Å². The van der Waals surface area contributed by atoms with Crippen molar-refractivity contribution in [3.8, 4) is 0 Å². The quantitative estimate of drug-likeness (QED) is 0.350. The number of carbonyl (C=O) groups is 3. The normalized spacial score (nSPS) is 22.3. The molecular formula is C20H23N3O5. The molecule has 0 bridgehead atoms. The van der Waals surface area contributed by atoms with E-state index < -0.39 is 28.7 Å². The molecule has 3 unspecified atom stereocenters. The largest absolute Gasteiger partial charge is 0.324 e. The summed E-state index contributed by atoms with van der Waals surface area (Å²) in [4.78, 5) is 50.2. The number of allylic oxidation sites excluding steroid dienone is 2. The molecule has 1 aromatic carbocycles. The van der Waals surface area contributed by atoms with Crippen LogP contribution >= 0.6 is 0 Å². The average molecular weight is 385 g/mol. The molecule has 1 aromatic rings. The summed E-state index contributed by atoms with van der Waals surface area (Å²) in [7, 11) is 0. The first-order valence-electron chi connectivity index (χ1n) is 9.36. The lowest BCUT2D eigenvalue weighted by molar-refractivity contribution is -0.384. The van der Waals surface area contributed by atoms with Crippen LogP contribution in [-0.4, -0.2) is 33.6 Å². The Morgan fingerprint density at radius 1 is 1.21 bits per heavy atom. The minimum Gasteiger partial charge on any atom is -0.324 e. The van der Waals surface area contributed by atoms with Gasteiger partial charge in [0.1, 0.15) is 6.04 Å². The Balaban J connectivity index is 1.85. The smallest absolute Gasteiger partial charge is 0.271 e. The molecule has 1 N–H and O–H groups in total. The van der Waals surface area contributed by atoms with Crippen molar-refractivity contribution in [2.45, 2.75) is 39.2 Å². The van der Waals surface area contributed by atoms with E-state index in [1.807, 2.05) is 26.0 Å². The van der Waals surface area contributed by atoms with Crippen LogP contribution in [0.4, 0.5) is 11.4 Å². The first kappa shape index (κ1) is 19.7. The first-order valence-corrected chi connectivity index (χ1v) is 9.36. The fourth-order valence-corrected chi connectivity index (χ4v) is 3.83. The standard InChI is InChI=1S/C20H23N3O5/c1-12(2)10-17(18(24)21-13-6-5-7-14(11-13)23(27)28)22-19(25)15-8-3-4-9-16(15)20(22)26/h3-7,11-12,15-17H,8-10H2,1-2H3,(H,21,24). The number of non-ortho nitro benzene ring substituents is 1.